The van der Waals surface area contributed by atoms with Crippen LogP contribution in [0.2, 0.25) is 0 Å². The minimum absolute atomic E-state index is 0.539. The van der Waals surface area contributed by atoms with Crippen molar-refractivity contribution in [3.63, 3.8) is 0 Å². The topological polar surface area (TPSA) is 36.2 Å². The van der Waals surface area contributed by atoms with E-state index in [1.54, 1.807) is 0 Å². The van der Waals surface area contributed by atoms with Gasteiger partial charge >= 0.3 is 0 Å². The fraction of sp³-hybridized carbons (Fsp3) is 0.500. The molecule has 2 nitrogen and oxygen atoms in total. The predicted octanol–water partition coefficient (Wildman–Crippen LogP) is 1.80. The van der Waals surface area contributed by atoms with Crippen LogP contribution in [0.25, 0.3) is 0 Å². The summed E-state index contributed by atoms with van der Waals surface area (Å²) in [6, 6.07) is 0. The number of hydrogen-bond donors (Lipinski definition) is 1. The molecule has 0 rings (SSSR count). The van der Waals surface area contributed by atoms with Crippen LogP contribution in [-0.2, 0) is 0 Å². The van der Waals surface area contributed by atoms with Gasteiger partial charge in [0.25, 0.3) is 0 Å². The van der Waals surface area contributed by atoms with Crippen LogP contribution in [0.15, 0.2) is 4.02 Å². The molecule has 0 fully saturated rings. The summed E-state index contributed by atoms with van der Waals surface area (Å²) in [6.07, 6.45) is 2.22. The van der Waals surface area contributed by atoms with E-state index in [1.165, 1.54) is 6.21 Å². The highest BCUT2D eigenvalue weighted by Gasteiger charge is 1.80. The Kier molecular flexibility index (Phi) is 3.89. The Labute approximate surface area is 51.5 Å². The van der Waals surface area contributed by atoms with Crippen LogP contribution in [0, 0.1) is 5.41 Å². The fourth-order valence-electron chi connectivity index (χ4n) is 0.150. The van der Waals surface area contributed by atoms with E-state index in [-0.39, 0.29) is 0 Å². The lowest BCUT2D eigenvalue weighted by molar-refractivity contribution is 1.27. The van der Waals surface area contributed by atoms with Crippen molar-refractivity contribution in [1.29, 1.82) is 5.41 Å². The number of nitrogens with one attached hydrogen (secondary N) is 1. The van der Waals surface area contributed by atoms with E-state index in [2.05, 4.69) is 20.2 Å². The molecule has 0 spiro atoms. The number of nitrogens with zero attached hydrogens (tertiary/aromatic N) is 1. The number of halogens is 1. The Balaban J connectivity index is 3.37. The first-order valence-electron chi connectivity index (χ1n) is 2.03. The van der Waals surface area contributed by atoms with Crippen LogP contribution in [-0.4, -0.2) is 11.9 Å². The molecule has 0 unspecified atom stereocenters. The maximum absolute atomic E-state index is 6.96. The second-order valence-electron chi connectivity index (χ2n) is 1.11. The molecule has 0 aromatic carbocycles. The number of rotatable bonds is 2. The van der Waals surface area contributed by atoms with Gasteiger partial charge in [0.2, 0.25) is 0 Å². The highest BCUT2D eigenvalue weighted by Crippen LogP contribution is 1.80. The fourth-order valence-corrected chi connectivity index (χ4v) is 0.397. The van der Waals surface area contributed by atoms with Crippen molar-refractivity contribution in [1.82, 2.24) is 0 Å². The third kappa shape index (κ3) is 3.66. The molecule has 0 aromatic heterocycles. The Morgan fingerprint density at radius 3 is 2.71 bits per heavy atom. The summed E-state index contributed by atoms with van der Waals surface area (Å²) in [7, 11) is 0. The predicted molar refractivity (Wildman–Crippen MR) is 35.4 cm³/mol. The quantitative estimate of drug-likeness (QED) is 0.602. The van der Waals surface area contributed by atoms with E-state index >= 15 is 0 Å². The van der Waals surface area contributed by atoms with Gasteiger partial charge in [-0.05, 0) is 6.42 Å². The van der Waals surface area contributed by atoms with Crippen molar-refractivity contribution in [2.75, 3.05) is 0 Å². The maximum atomic E-state index is 6.96. The molecule has 0 heterocycles. The van der Waals surface area contributed by atoms with E-state index in [1.807, 2.05) is 6.92 Å². The maximum Gasteiger partial charge on any atom is 0.0733 e. The van der Waals surface area contributed by atoms with E-state index in [4.69, 9.17) is 5.41 Å². The molecule has 0 bridgehead atoms. The zero-order valence-electron chi connectivity index (χ0n) is 4.11. The van der Waals surface area contributed by atoms with E-state index in [0.717, 1.165) is 6.42 Å². The van der Waals surface area contributed by atoms with Crippen molar-refractivity contribution >= 4 is 28.1 Å². The van der Waals surface area contributed by atoms with Crippen LogP contribution >= 0.6 is 16.1 Å². The molecule has 3 heteroatoms. The van der Waals surface area contributed by atoms with Crippen molar-refractivity contribution < 1.29 is 0 Å². The highest BCUT2D eigenvalue weighted by atomic mass is 79.9. The lowest BCUT2D eigenvalue weighted by Crippen LogP contribution is -1.91. The second-order valence-corrected chi connectivity index (χ2v) is 1.51. The first kappa shape index (κ1) is 6.82. The van der Waals surface area contributed by atoms with Gasteiger partial charge in [0.15, 0.2) is 0 Å². The lowest BCUT2D eigenvalue weighted by atomic mass is 10.3. The van der Waals surface area contributed by atoms with Gasteiger partial charge in [-0.25, -0.2) is 4.02 Å². The molecule has 0 amide bonds. The average Bonchev–Trinajstić information content (AvgIpc) is 1.68. The molecule has 0 aliphatic carbocycles. The summed E-state index contributed by atoms with van der Waals surface area (Å²) < 4.78 is 3.47. The third-order valence-corrected chi connectivity index (χ3v) is 0.790. The molecule has 0 aliphatic rings. The van der Waals surface area contributed by atoms with Gasteiger partial charge in [-0.2, -0.15) is 0 Å². The van der Waals surface area contributed by atoms with Crippen LogP contribution in [0.3, 0.4) is 0 Å². The Morgan fingerprint density at radius 1 is 2.00 bits per heavy atom. The minimum atomic E-state index is 0.539. The summed E-state index contributed by atoms with van der Waals surface area (Å²) in [5, 5.41) is 6.96. The standard InChI is InChI=1S/C4H7BrN2/c1-2-4(6)3-7-5/h3,6H,2H2,1H3. The molecular weight excluding hydrogens is 156 g/mol. The van der Waals surface area contributed by atoms with Crippen LogP contribution in [0.4, 0.5) is 0 Å². The van der Waals surface area contributed by atoms with Gasteiger partial charge in [-0.3, -0.25) is 0 Å². The smallest absolute Gasteiger partial charge is 0.0733 e. The summed E-state index contributed by atoms with van der Waals surface area (Å²) in [5.41, 5.74) is 0.539. The van der Waals surface area contributed by atoms with E-state index in [9.17, 15) is 0 Å². The van der Waals surface area contributed by atoms with Crippen molar-refractivity contribution in [2.24, 2.45) is 4.02 Å². The second kappa shape index (κ2) is 3.99. The SMILES string of the molecule is CCC(=N)C=NBr. The molecular formula is C4H7BrN2. The summed E-state index contributed by atoms with van der Waals surface area (Å²) in [6.45, 7) is 1.91. The van der Waals surface area contributed by atoms with E-state index in [0.29, 0.717) is 5.71 Å². The zero-order valence-corrected chi connectivity index (χ0v) is 5.70. The Bertz CT molecular complexity index is 87.7. The molecule has 1 N–H and O–H groups in total. The molecule has 0 saturated carbocycles. The molecule has 40 valence electrons. The van der Waals surface area contributed by atoms with Crippen molar-refractivity contribution in [3.8, 4) is 0 Å². The van der Waals surface area contributed by atoms with Crippen molar-refractivity contribution in [2.45, 2.75) is 13.3 Å². The molecule has 0 atom stereocenters. The lowest BCUT2D eigenvalue weighted by Gasteiger charge is -1.81. The molecule has 0 saturated heterocycles. The first-order valence-corrected chi connectivity index (χ1v) is 2.74. The summed E-state index contributed by atoms with van der Waals surface area (Å²) >= 11 is 2.82. The van der Waals surface area contributed by atoms with Gasteiger partial charge < -0.3 is 5.41 Å². The zero-order chi connectivity index (χ0) is 5.70. The summed E-state index contributed by atoms with van der Waals surface area (Å²) in [5.74, 6) is 0. The third-order valence-electron chi connectivity index (χ3n) is 0.586. The van der Waals surface area contributed by atoms with Gasteiger partial charge in [0, 0.05) is 5.71 Å². The largest absolute Gasteiger partial charge is 0.304 e. The molecule has 0 aromatic rings. The van der Waals surface area contributed by atoms with Gasteiger partial charge in [0.1, 0.15) is 0 Å². The highest BCUT2D eigenvalue weighted by molar-refractivity contribution is 9.08. The van der Waals surface area contributed by atoms with Crippen LogP contribution in [0.1, 0.15) is 13.3 Å². The molecule has 7 heavy (non-hydrogen) atoms. The first-order chi connectivity index (χ1) is 3.31. The van der Waals surface area contributed by atoms with Crippen LogP contribution in [0.5, 0.6) is 0 Å². The van der Waals surface area contributed by atoms with Gasteiger partial charge in [0.05, 0.1) is 22.4 Å². The van der Waals surface area contributed by atoms with Gasteiger partial charge in [-0.1, -0.05) is 6.92 Å². The van der Waals surface area contributed by atoms with Gasteiger partial charge in [-0.15, -0.1) is 0 Å². The van der Waals surface area contributed by atoms with Crippen molar-refractivity contribution in [3.05, 3.63) is 0 Å². The van der Waals surface area contributed by atoms with E-state index < -0.39 is 0 Å². The number of hydrogen-bond acceptors (Lipinski definition) is 2. The Hall–Kier alpha value is -0.180. The summed E-state index contributed by atoms with van der Waals surface area (Å²) in [4.78, 5) is 0. The van der Waals surface area contributed by atoms with Crippen LogP contribution < -0.4 is 0 Å². The Morgan fingerprint density at radius 2 is 2.57 bits per heavy atom. The minimum Gasteiger partial charge on any atom is -0.304 e. The monoisotopic (exact) mass is 162 g/mol. The normalized spacial score (nSPS) is 10.0. The molecule has 0 aliphatic heterocycles. The average molecular weight is 163 g/mol. The molecule has 0 radical (unpaired) electrons.